The number of hydrogen-bond acceptors (Lipinski definition) is 15. The molecule has 3 heterocycles. The minimum absolute atomic E-state index is 0.161. The molecule has 17 heteroatoms. The van der Waals surface area contributed by atoms with Gasteiger partial charge >= 0.3 is 0 Å². The van der Waals surface area contributed by atoms with Crippen molar-refractivity contribution in [1.82, 2.24) is 25.1 Å². The Labute approximate surface area is 395 Å². The number of aryl methyl sites for hydroxylation is 1. The monoisotopic (exact) mass is 920 g/mol. The highest BCUT2D eigenvalue weighted by molar-refractivity contribution is 6.20. The van der Waals surface area contributed by atoms with E-state index in [4.69, 9.17) is 15.1 Å². The second-order valence-corrected chi connectivity index (χ2v) is 16.4. The fourth-order valence-corrected chi connectivity index (χ4v) is 8.47. The number of carbonyl (C=O) groups excluding carboxylic acids is 5. The number of amides is 1. The Morgan fingerprint density at radius 3 is 2.25 bits per heavy atom. The lowest BCUT2D eigenvalue weighted by Gasteiger charge is -2.49. The molecule has 1 aromatic heterocycles. The van der Waals surface area contributed by atoms with E-state index in [1.165, 1.54) is 23.7 Å². The average molecular weight is 920 g/mol. The van der Waals surface area contributed by atoms with Gasteiger partial charge < -0.3 is 40.0 Å². The molecule has 0 saturated carbocycles. The van der Waals surface area contributed by atoms with Crippen LogP contribution in [0.25, 0.3) is 0 Å². The molecule has 0 radical (unpaired) electrons. The molecular formula is C50H69N11O6. The minimum atomic E-state index is -0.753. The first-order valence-electron chi connectivity index (χ1n) is 22.7. The van der Waals surface area contributed by atoms with E-state index in [2.05, 4.69) is 68.7 Å². The number of anilines is 4. The van der Waals surface area contributed by atoms with Crippen molar-refractivity contribution in [2.75, 3.05) is 108 Å². The predicted molar refractivity (Wildman–Crippen MR) is 269 cm³/mol. The Kier molecular flexibility index (Phi) is 21.7. The summed E-state index contributed by atoms with van der Waals surface area (Å²) in [7, 11) is 8.18. The van der Waals surface area contributed by atoms with E-state index in [-0.39, 0.29) is 36.2 Å². The number of fused-ring (bicyclic) bond motifs is 1. The molecule has 1 amide bonds. The third-order valence-electron chi connectivity index (χ3n) is 12.2. The van der Waals surface area contributed by atoms with Crippen LogP contribution in [0.2, 0.25) is 0 Å². The largest absolute Gasteiger partial charge is 0.400 e. The summed E-state index contributed by atoms with van der Waals surface area (Å²) in [6, 6.07) is 17.3. The lowest BCUT2D eigenvalue weighted by atomic mass is 10.0. The van der Waals surface area contributed by atoms with Crippen LogP contribution in [-0.4, -0.2) is 168 Å². The average Bonchev–Trinajstić information content (AvgIpc) is 3.76. The summed E-state index contributed by atoms with van der Waals surface area (Å²) in [4.78, 5) is 82.5. The van der Waals surface area contributed by atoms with Crippen LogP contribution in [0.1, 0.15) is 70.5 Å². The maximum atomic E-state index is 13.4. The van der Waals surface area contributed by atoms with E-state index in [0.717, 1.165) is 101 Å². The van der Waals surface area contributed by atoms with Gasteiger partial charge in [-0.25, -0.2) is 20.0 Å². The van der Waals surface area contributed by atoms with Gasteiger partial charge in [-0.15, -0.1) is 6.58 Å². The molecule has 17 nitrogen and oxygen atoms in total. The number of aromatic nitrogens is 1. The number of rotatable bonds is 21. The molecule has 2 unspecified atom stereocenters. The van der Waals surface area contributed by atoms with Crippen molar-refractivity contribution in [3.05, 3.63) is 101 Å². The molecule has 1 aliphatic carbocycles. The zero-order valence-corrected chi connectivity index (χ0v) is 40.0. The summed E-state index contributed by atoms with van der Waals surface area (Å²) < 4.78 is 0. The van der Waals surface area contributed by atoms with E-state index in [1.807, 2.05) is 55.4 Å². The van der Waals surface area contributed by atoms with E-state index in [0.29, 0.717) is 42.7 Å². The zero-order chi connectivity index (χ0) is 48.9. The fourth-order valence-electron chi connectivity index (χ4n) is 8.47. The van der Waals surface area contributed by atoms with Crippen molar-refractivity contribution in [1.29, 1.82) is 0 Å². The van der Waals surface area contributed by atoms with Gasteiger partial charge in [-0.2, -0.15) is 0 Å². The molecule has 0 spiro atoms. The van der Waals surface area contributed by atoms with Crippen LogP contribution < -0.4 is 25.4 Å². The lowest BCUT2D eigenvalue weighted by molar-refractivity contribution is -0.112. The van der Waals surface area contributed by atoms with Gasteiger partial charge in [0.15, 0.2) is 18.4 Å². The van der Waals surface area contributed by atoms with E-state index in [1.54, 1.807) is 18.2 Å². The van der Waals surface area contributed by atoms with Crippen LogP contribution in [0.5, 0.6) is 0 Å². The number of amidine groups is 1. The van der Waals surface area contributed by atoms with E-state index >= 15 is 0 Å². The maximum Gasteiger partial charge on any atom is 0.255 e. The third kappa shape index (κ3) is 13.6. The summed E-state index contributed by atoms with van der Waals surface area (Å²) in [6.07, 6.45) is 9.47. The van der Waals surface area contributed by atoms with Gasteiger partial charge in [0.05, 0.1) is 17.2 Å². The van der Waals surface area contributed by atoms with Gasteiger partial charge in [-0.3, -0.25) is 24.3 Å². The third-order valence-corrected chi connectivity index (χ3v) is 12.2. The van der Waals surface area contributed by atoms with Crippen molar-refractivity contribution < 1.29 is 29.1 Å². The van der Waals surface area contributed by atoms with Gasteiger partial charge in [0.25, 0.3) is 5.91 Å². The number of aliphatic imine (C=N–C) groups is 2. The summed E-state index contributed by atoms with van der Waals surface area (Å²) in [6.45, 7) is 15.4. The van der Waals surface area contributed by atoms with Crippen molar-refractivity contribution in [2.24, 2.45) is 9.98 Å². The lowest BCUT2D eigenvalue weighted by Crippen LogP contribution is -2.63. The Balaban J connectivity index is 0.00000188. The van der Waals surface area contributed by atoms with Crippen LogP contribution in [0.3, 0.4) is 0 Å². The molecule has 2 atom stereocenters. The van der Waals surface area contributed by atoms with Crippen LogP contribution in [-0.2, 0) is 20.8 Å². The number of aliphatic hydroxyl groups excluding tert-OH is 1. The van der Waals surface area contributed by atoms with Gasteiger partial charge in [0.1, 0.15) is 25.1 Å². The van der Waals surface area contributed by atoms with E-state index < -0.39 is 11.9 Å². The molecule has 0 bridgehead atoms. The highest BCUT2D eigenvalue weighted by atomic mass is 16.2. The summed E-state index contributed by atoms with van der Waals surface area (Å²) in [5.74, 6) is 1.02. The smallest absolute Gasteiger partial charge is 0.255 e. The molecule has 2 aliphatic heterocycles. The fraction of sp³-hybridized carbons (Fsp3) is 0.440. The zero-order valence-electron chi connectivity index (χ0n) is 40.0. The van der Waals surface area contributed by atoms with Crippen molar-refractivity contribution >= 4 is 66.5 Å². The number of hydrazine groups is 1. The number of aldehydes is 4. The highest BCUT2D eigenvalue weighted by Gasteiger charge is 2.34. The number of benzene rings is 2. The Hall–Kier alpha value is -6.40. The topological polar surface area (TPSA) is 187 Å². The van der Waals surface area contributed by atoms with Crippen LogP contribution in [0.15, 0.2) is 89.0 Å². The molecule has 3 N–H and O–H groups in total. The number of pyridine rings is 1. The number of piperazine rings is 1. The van der Waals surface area contributed by atoms with Crippen molar-refractivity contribution in [2.45, 2.75) is 57.0 Å². The highest BCUT2D eigenvalue weighted by Crippen LogP contribution is 2.36. The molecule has 360 valence electrons. The minimum Gasteiger partial charge on any atom is -0.400 e. The standard InChI is InChI=1S/C47H58N10O5.C2H7N.CH4O/c1-6-20-52(4)57(44-19-13-35-11-10-34(7-2)45(35)51-44)46(37(31-60)27-48-3)50-33-49-38-14-17-39(18-15-38)56-28-42(29-56)55-23-21-54(22-24-55)40-16-12-36(30-59)43(26-40)47(62)53(5)41(32-61)9-8-25-58;1-3-2;1-2/h6,12-19,25-27,30-32,34,41-42,49H,1,3,7-11,20-24,28-29,33H2,2,4-5H3;3H,1-2H3;2H,1H3/b37-27-,50-46+;;. The number of hydrogen-bond donors (Lipinski definition) is 3. The van der Waals surface area contributed by atoms with Crippen molar-refractivity contribution in [3.63, 3.8) is 0 Å². The van der Waals surface area contributed by atoms with Crippen LogP contribution in [0, 0.1) is 0 Å². The number of aliphatic hydroxyl groups is 1. The Morgan fingerprint density at radius 2 is 1.66 bits per heavy atom. The van der Waals surface area contributed by atoms with Crippen LogP contribution >= 0.6 is 0 Å². The first kappa shape index (κ1) is 53.2. The number of likely N-dealkylation sites (N-methyl/N-ethyl adjacent to an activating group) is 2. The normalized spacial score (nSPS) is 16.5. The number of nitrogens with one attached hydrogen (secondary N) is 2. The summed E-state index contributed by atoms with van der Waals surface area (Å²) >= 11 is 0. The molecule has 2 fully saturated rings. The van der Waals surface area contributed by atoms with Crippen molar-refractivity contribution in [3.8, 4) is 0 Å². The summed E-state index contributed by atoms with van der Waals surface area (Å²) in [5, 5.41) is 16.9. The quantitative estimate of drug-likeness (QED) is 0.0339. The Morgan fingerprint density at radius 1 is 0.970 bits per heavy atom. The molecule has 3 aliphatic rings. The molecule has 67 heavy (non-hydrogen) atoms. The SMILES string of the molecule is C=CCN(C)N(C(=N/CNc1ccc(N2CC(N3CCN(c4ccc(C=O)c(C(=O)N(C)C(C=O)CCC=O)c4)CC3)C2)cc1)/C(C=O)=C\N=C)c1ccc2c(n1)C(CC)CC2.CNC.CO. The molecule has 2 aromatic carbocycles. The van der Waals surface area contributed by atoms with Gasteiger partial charge in [-0.1, -0.05) is 19.1 Å². The Bertz CT molecular complexity index is 2180. The predicted octanol–water partition coefficient (Wildman–Crippen LogP) is 4.50. The number of nitrogens with zero attached hydrogens (tertiary/aromatic N) is 9. The second-order valence-electron chi connectivity index (χ2n) is 16.4. The first-order valence-corrected chi connectivity index (χ1v) is 22.7. The first-order chi connectivity index (χ1) is 32.6. The molecule has 2 saturated heterocycles. The van der Waals surface area contributed by atoms with Gasteiger partial charge in [0.2, 0.25) is 0 Å². The maximum absolute atomic E-state index is 13.4. The van der Waals surface area contributed by atoms with Gasteiger partial charge in [0, 0.05) is 120 Å². The summed E-state index contributed by atoms with van der Waals surface area (Å²) in [5.41, 5.74) is 6.00. The molecule has 3 aromatic rings. The second kappa shape index (κ2) is 27.3. The van der Waals surface area contributed by atoms with E-state index in [9.17, 15) is 24.0 Å². The molecular weight excluding hydrogens is 851 g/mol. The number of carbonyl (C=O) groups is 5. The molecule has 6 rings (SSSR count). The van der Waals surface area contributed by atoms with Crippen LogP contribution in [0.4, 0.5) is 22.9 Å². The van der Waals surface area contributed by atoms with Gasteiger partial charge in [-0.05, 0) is 101 Å².